The molecule has 17 heavy (non-hydrogen) atoms. The quantitative estimate of drug-likeness (QED) is 0.705. The molecule has 4 atom stereocenters. The van der Waals surface area contributed by atoms with Crippen molar-refractivity contribution in [3.63, 3.8) is 0 Å². The highest BCUT2D eigenvalue weighted by Crippen LogP contribution is 2.28. The van der Waals surface area contributed by atoms with Crippen molar-refractivity contribution < 1.29 is 9.90 Å². The van der Waals surface area contributed by atoms with E-state index in [9.17, 15) is 4.79 Å². The van der Waals surface area contributed by atoms with Crippen LogP contribution in [0, 0.1) is 11.8 Å². The Hall–Kier alpha value is -0.770. The lowest BCUT2D eigenvalue weighted by atomic mass is 9.80. The van der Waals surface area contributed by atoms with E-state index in [0.717, 1.165) is 12.3 Å². The van der Waals surface area contributed by atoms with Gasteiger partial charge in [0.25, 0.3) is 0 Å². The van der Waals surface area contributed by atoms with Crippen molar-refractivity contribution in [3.05, 3.63) is 0 Å². The Morgan fingerprint density at radius 2 is 2.12 bits per heavy atom. The Bertz CT molecular complexity index is 246. The molecule has 1 aliphatic rings. The lowest BCUT2D eigenvalue weighted by Crippen LogP contribution is -2.49. The molecule has 1 saturated carbocycles. The molecule has 0 aromatic carbocycles. The second-order valence-electron chi connectivity index (χ2n) is 5.53. The van der Waals surface area contributed by atoms with Crippen molar-refractivity contribution in [2.75, 3.05) is 6.61 Å². The van der Waals surface area contributed by atoms with Crippen LogP contribution in [0.5, 0.6) is 0 Å². The van der Waals surface area contributed by atoms with Crippen LogP contribution in [0.2, 0.25) is 0 Å². The topological polar surface area (TPSA) is 61.4 Å². The van der Waals surface area contributed by atoms with E-state index in [2.05, 4.69) is 24.5 Å². The van der Waals surface area contributed by atoms with Crippen LogP contribution in [0.15, 0.2) is 0 Å². The van der Waals surface area contributed by atoms with E-state index >= 15 is 0 Å². The van der Waals surface area contributed by atoms with E-state index in [1.54, 1.807) is 0 Å². The standard InChI is InChI=1S/C13H26N2O2/c1-9-4-5-12(10(2)8-9)15-13(17)14-11(3)6-7-16/h9-12,16H,4-8H2,1-3H3,(H2,14,15,17)/t9?,10?,11-,12?/m1/s1. The summed E-state index contributed by atoms with van der Waals surface area (Å²) in [7, 11) is 0. The monoisotopic (exact) mass is 242 g/mol. The van der Waals surface area contributed by atoms with Crippen LogP contribution in [0.3, 0.4) is 0 Å². The minimum Gasteiger partial charge on any atom is -0.396 e. The molecule has 0 radical (unpaired) electrons. The van der Waals surface area contributed by atoms with Crippen molar-refractivity contribution in [1.82, 2.24) is 10.6 Å². The van der Waals surface area contributed by atoms with Gasteiger partial charge >= 0.3 is 6.03 Å². The lowest BCUT2D eigenvalue weighted by molar-refractivity contribution is 0.201. The number of carbonyl (C=O) groups is 1. The van der Waals surface area contributed by atoms with Gasteiger partial charge in [-0.1, -0.05) is 13.8 Å². The van der Waals surface area contributed by atoms with Gasteiger partial charge in [-0.15, -0.1) is 0 Å². The number of hydrogen-bond acceptors (Lipinski definition) is 2. The highest BCUT2D eigenvalue weighted by Gasteiger charge is 2.26. The zero-order valence-corrected chi connectivity index (χ0v) is 11.2. The molecule has 100 valence electrons. The van der Waals surface area contributed by atoms with Crippen molar-refractivity contribution in [1.29, 1.82) is 0 Å². The van der Waals surface area contributed by atoms with Crippen molar-refractivity contribution in [2.24, 2.45) is 11.8 Å². The summed E-state index contributed by atoms with van der Waals surface area (Å²) in [5, 5.41) is 14.7. The van der Waals surface area contributed by atoms with Gasteiger partial charge in [0.2, 0.25) is 0 Å². The summed E-state index contributed by atoms with van der Waals surface area (Å²) in [6, 6.07) is 0.225. The molecule has 0 heterocycles. The molecule has 1 rings (SSSR count). The van der Waals surface area contributed by atoms with Crippen molar-refractivity contribution in [3.8, 4) is 0 Å². The lowest BCUT2D eigenvalue weighted by Gasteiger charge is -2.33. The van der Waals surface area contributed by atoms with E-state index in [4.69, 9.17) is 5.11 Å². The largest absolute Gasteiger partial charge is 0.396 e. The maximum absolute atomic E-state index is 11.7. The Morgan fingerprint density at radius 3 is 2.71 bits per heavy atom. The Morgan fingerprint density at radius 1 is 1.41 bits per heavy atom. The number of hydrogen-bond donors (Lipinski definition) is 3. The second kappa shape index (κ2) is 6.84. The van der Waals surface area contributed by atoms with E-state index in [1.807, 2.05) is 6.92 Å². The minimum atomic E-state index is -0.0997. The summed E-state index contributed by atoms with van der Waals surface area (Å²) in [5.74, 6) is 1.33. The molecule has 0 aromatic heterocycles. The third-order valence-corrected chi connectivity index (χ3v) is 3.69. The van der Waals surface area contributed by atoms with Crippen LogP contribution in [0.25, 0.3) is 0 Å². The number of urea groups is 1. The summed E-state index contributed by atoms with van der Waals surface area (Å²) in [4.78, 5) is 11.7. The number of amides is 2. The van der Waals surface area contributed by atoms with Gasteiger partial charge < -0.3 is 15.7 Å². The third-order valence-electron chi connectivity index (χ3n) is 3.69. The molecule has 0 spiro atoms. The predicted octanol–water partition coefficient (Wildman–Crippen LogP) is 1.88. The number of rotatable bonds is 4. The molecule has 1 aliphatic carbocycles. The first-order chi connectivity index (χ1) is 8.02. The fraction of sp³-hybridized carbons (Fsp3) is 0.923. The highest BCUT2D eigenvalue weighted by atomic mass is 16.3. The maximum Gasteiger partial charge on any atom is 0.315 e. The number of aliphatic hydroxyl groups is 1. The van der Waals surface area contributed by atoms with Crippen LogP contribution < -0.4 is 10.6 Å². The number of carbonyl (C=O) groups excluding carboxylic acids is 1. The SMILES string of the molecule is CC1CCC(NC(=O)N[C@H](C)CCO)C(C)C1. The fourth-order valence-corrected chi connectivity index (χ4v) is 2.58. The smallest absolute Gasteiger partial charge is 0.315 e. The second-order valence-corrected chi connectivity index (χ2v) is 5.53. The van der Waals surface area contributed by atoms with E-state index < -0.39 is 0 Å². The molecule has 4 heteroatoms. The molecule has 3 N–H and O–H groups in total. The van der Waals surface area contributed by atoms with Crippen LogP contribution >= 0.6 is 0 Å². The van der Waals surface area contributed by atoms with Gasteiger partial charge in [0, 0.05) is 18.7 Å². The van der Waals surface area contributed by atoms with Gasteiger partial charge in [-0.25, -0.2) is 4.79 Å². The first-order valence-electron chi connectivity index (χ1n) is 6.70. The first-order valence-corrected chi connectivity index (χ1v) is 6.70. The summed E-state index contributed by atoms with van der Waals surface area (Å²) in [6.07, 6.45) is 4.06. The molecule has 0 aliphatic heterocycles. The average molecular weight is 242 g/mol. The zero-order chi connectivity index (χ0) is 12.8. The number of nitrogens with one attached hydrogen (secondary N) is 2. The molecule has 1 fully saturated rings. The summed E-state index contributed by atoms with van der Waals surface area (Å²) >= 11 is 0. The normalized spacial score (nSPS) is 30.7. The predicted molar refractivity (Wildman–Crippen MR) is 68.8 cm³/mol. The molecular formula is C13H26N2O2. The van der Waals surface area contributed by atoms with Gasteiger partial charge in [-0.2, -0.15) is 0 Å². The molecule has 4 nitrogen and oxygen atoms in total. The molecule has 2 amide bonds. The van der Waals surface area contributed by atoms with Gasteiger partial charge in [0.15, 0.2) is 0 Å². The molecule has 0 aromatic rings. The highest BCUT2D eigenvalue weighted by molar-refractivity contribution is 5.74. The molecule has 0 saturated heterocycles. The third kappa shape index (κ3) is 4.94. The fourth-order valence-electron chi connectivity index (χ4n) is 2.58. The van der Waals surface area contributed by atoms with E-state index in [0.29, 0.717) is 18.4 Å². The summed E-state index contributed by atoms with van der Waals surface area (Å²) in [6.45, 7) is 6.49. The summed E-state index contributed by atoms with van der Waals surface area (Å²) < 4.78 is 0. The van der Waals surface area contributed by atoms with Gasteiger partial charge in [-0.3, -0.25) is 0 Å². The minimum absolute atomic E-state index is 0.0258. The van der Waals surface area contributed by atoms with Crippen LogP contribution in [0.4, 0.5) is 4.79 Å². The average Bonchev–Trinajstić information content (AvgIpc) is 2.22. The van der Waals surface area contributed by atoms with E-state index in [-0.39, 0.29) is 18.7 Å². The summed E-state index contributed by atoms with van der Waals surface area (Å²) in [5.41, 5.74) is 0. The molecular weight excluding hydrogens is 216 g/mol. The Kier molecular flexibility index (Phi) is 5.75. The van der Waals surface area contributed by atoms with E-state index in [1.165, 1.54) is 12.8 Å². The van der Waals surface area contributed by atoms with Gasteiger partial charge in [-0.05, 0) is 44.4 Å². The number of aliphatic hydroxyl groups excluding tert-OH is 1. The van der Waals surface area contributed by atoms with Gasteiger partial charge in [0.05, 0.1) is 0 Å². The van der Waals surface area contributed by atoms with Crippen LogP contribution in [-0.2, 0) is 0 Å². The van der Waals surface area contributed by atoms with Crippen molar-refractivity contribution >= 4 is 6.03 Å². The molecule has 0 bridgehead atoms. The molecule has 3 unspecified atom stereocenters. The van der Waals surface area contributed by atoms with Crippen LogP contribution in [0.1, 0.15) is 46.5 Å². The zero-order valence-electron chi connectivity index (χ0n) is 11.2. The maximum atomic E-state index is 11.7. The first kappa shape index (κ1) is 14.3. The van der Waals surface area contributed by atoms with Crippen molar-refractivity contribution in [2.45, 2.75) is 58.5 Å². The van der Waals surface area contributed by atoms with Gasteiger partial charge in [0.1, 0.15) is 0 Å². The Labute approximate surface area is 104 Å². The van der Waals surface area contributed by atoms with Crippen LogP contribution in [-0.4, -0.2) is 29.8 Å². The Balaban J connectivity index is 2.30.